The van der Waals surface area contributed by atoms with E-state index in [9.17, 15) is 19.7 Å². The van der Waals surface area contributed by atoms with Crippen LogP contribution in [-0.2, 0) is 4.79 Å². The fourth-order valence-electron chi connectivity index (χ4n) is 1.88. The normalized spacial score (nSPS) is 12.3. The molecule has 0 aliphatic carbocycles. The average Bonchev–Trinajstić information content (AvgIpc) is 2.90. The molecule has 9 nitrogen and oxygen atoms in total. The van der Waals surface area contributed by atoms with Crippen LogP contribution in [0.4, 0.5) is 5.69 Å². The Morgan fingerprint density at radius 3 is 2.59 bits per heavy atom. The second kappa shape index (κ2) is 6.02. The maximum atomic E-state index is 12.2. The SMILES string of the molecule is CC(C)C(NC(=O)c1cc([N+](=O)[O-])c2nsnc2c1)C(=O)O. The van der Waals surface area contributed by atoms with Gasteiger partial charge in [0.25, 0.3) is 11.6 Å². The molecule has 2 rings (SSSR count). The van der Waals surface area contributed by atoms with Crippen LogP contribution in [0.3, 0.4) is 0 Å². The lowest BCUT2D eigenvalue weighted by Crippen LogP contribution is -2.44. The number of carboxylic acid groups (broad SMARTS) is 1. The topological polar surface area (TPSA) is 135 Å². The van der Waals surface area contributed by atoms with E-state index >= 15 is 0 Å². The highest BCUT2D eigenvalue weighted by Crippen LogP contribution is 2.25. The number of rotatable bonds is 5. The van der Waals surface area contributed by atoms with Gasteiger partial charge in [-0.15, -0.1) is 0 Å². The van der Waals surface area contributed by atoms with Gasteiger partial charge >= 0.3 is 5.97 Å². The van der Waals surface area contributed by atoms with Crippen LogP contribution in [-0.4, -0.2) is 36.7 Å². The quantitative estimate of drug-likeness (QED) is 0.627. The Hall–Kier alpha value is -2.62. The van der Waals surface area contributed by atoms with E-state index in [1.54, 1.807) is 13.8 Å². The van der Waals surface area contributed by atoms with Crippen molar-refractivity contribution in [2.24, 2.45) is 5.92 Å². The first kappa shape index (κ1) is 15.8. The van der Waals surface area contributed by atoms with Crippen molar-refractivity contribution in [3.05, 3.63) is 27.8 Å². The summed E-state index contributed by atoms with van der Waals surface area (Å²) in [6, 6.07) is 1.33. The van der Waals surface area contributed by atoms with Crippen LogP contribution in [0.2, 0.25) is 0 Å². The number of nitro benzene ring substituents is 1. The molecule has 0 saturated heterocycles. The first-order chi connectivity index (χ1) is 10.3. The molecule has 0 radical (unpaired) electrons. The summed E-state index contributed by atoms with van der Waals surface area (Å²) in [4.78, 5) is 33.7. The van der Waals surface area contributed by atoms with Crippen LogP contribution in [0.5, 0.6) is 0 Å². The zero-order chi connectivity index (χ0) is 16.4. The molecule has 2 aromatic rings. The molecule has 2 N–H and O–H groups in total. The maximum Gasteiger partial charge on any atom is 0.326 e. The molecule has 1 unspecified atom stereocenters. The van der Waals surface area contributed by atoms with E-state index in [4.69, 9.17) is 5.11 Å². The monoisotopic (exact) mass is 324 g/mol. The van der Waals surface area contributed by atoms with E-state index in [1.165, 1.54) is 6.07 Å². The molecule has 0 fully saturated rings. The molecular weight excluding hydrogens is 312 g/mol. The number of aliphatic carboxylic acids is 1. The van der Waals surface area contributed by atoms with Gasteiger partial charge in [-0.2, -0.15) is 8.75 Å². The number of carbonyl (C=O) groups excluding carboxylic acids is 1. The minimum absolute atomic E-state index is 0.0289. The smallest absolute Gasteiger partial charge is 0.326 e. The number of carbonyl (C=O) groups is 2. The Morgan fingerprint density at radius 2 is 2.05 bits per heavy atom. The molecule has 22 heavy (non-hydrogen) atoms. The first-order valence-corrected chi connectivity index (χ1v) is 6.98. The summed E-state index contributed by atoms with van der Waals surface area (Å²) in [5, 5.41) is 22.5. The van der Waals surface area contributed by atoms with Gasteiger partial charge in [-0.05, 0) is 12.0 Å². The minimum Gasteiger partial charge on any atom is -0.480 e. The van der Waals surface area contributed by atoms with Crippen molar-refractivity contribution in [1.82, 2.24) is 14.1 Å². The predicted molar refractivity (Wildman–Crippen MR) is 77.8 cm³/mol. The van der Waals surface area contributed by atoms with Crippen LogP contribution in [0.1, 0.15) is 24.2 Å². The van der Waals surface area contributed by atoms with Gasteiger partial charge in [0.15, 0.2) is 5.52 Å². The molecule has 0 spiro atoms. The Labute approximate surface area is 128 Å². The highest BCUT2D eigenvalue weighted by molar-refractivity contribution is 7.00. The Balaban J connectivity index is 2.39. The van der Waals surface area contributed by atoms with Gasteiger partial charge in [0, 0.05) is 11.6 Å². The Bertz CT molecular complexity index is 757. The average molecular weight is 324 g/mol. The Morgan fingerprint density at radius 1 is 1.36 bits per heavy atom. The lowest BCUT2D eigenvalue weighted by molar-refractivity contribution is -0.383. The third-order valence-corrected chi connectivity index (χ3v) is 3.56. The van der Waals surface area contributed by atoms with Gasteiger partial charge in [0.05, 0.1) is 16.7 Å². The Kier molecular flexibility index (Phi) is 4.31. The second-order valence-corrected chi connectivity index (χ2v) is 5.45. The highest BCUT2D eigenvalue weighted by atomic mass is 32.1. The van der Waals surface area contributed by atoms with Gasteiger partial charge in [0.2, 0.25) is 0 Å². The summed E-state index contributed by atoms with van der Waals surface area (Å²) in [6.45, 7) is 3.30. The molecule has 116 valence electrons. The molecule has 1 amide bonds. The van der Waals surface area contributed by atoms with Gasteiger partial charge in [-0.1, -0.05) is 13.8 Å². The maximum absolute atomic E-state index is 12.2. The fourth-order valence-corrected chi connectivity index (χ4v) is 2.42. The summed E-state index contributed by atoms with van der Waals surface area (Å²) < 4.78 is 7.70. The third-order valence-electron chi connectivity index (χ3n) is 3.02. The fraction of sp³-hybridized carbons (Fsp3) is 0.333. The van der Waals surface area contributed by atoms with Gasteiger partial charge in [0.1, 0.15) is 11.6 Å². The molecule has 0 aliphatic heterocycles. The number of aromatic nitrogens is 2. The summed E-state index contributed by atoms with van der Waals surface area (Å²) in [5.41, 5.74) is -0.0439. The number of carboxylic acids is 1. The standard InChI is InChI=1S/C12H12N4O5S/c1-5(2)9(12(18)19)13-11(17)6-3-7-10(15-22-14-7)8(4-6)16(20)21/h3-5,9H,1-2H3,(H,13,17)(H,18,19). The third kappa shape index (κ3) is 3.01. The molecule has 10 heteroatoms. The summed E-state index contributed by atoms with van der Waals surface area (Å²) in [5.74, 6) is -2.21. The molecule has 0 saturated carbocycles. The number of benzene rings is 1. The van der Waals surface area contributed by atoms with E-state index in [0.29, 0.717) is 0 Å². The van der Waals surface area contributed by atoms with Crippen molar-refractivity contribution in [2.45, 2.75) is 19.9 Å². The van der Waals surface area contributed by atoms with Crippen LogP contribution in [0.15, 0.2) is 12.1 Å². The number of nitrogens with zero attached hydrogens (tertiary/aromatic N) is 3. The number of nitrogens with one attached hydrogen (secondary N) is 1. The van der Waals surface area contributed by atoms with Crippen molar-refractivity contribution >= 4 is 40.3 Å². The molecular formula is C12H12N4O5S. The van der Waals surface area contributed by atoms with E-state index in [1.807, 2.05) is 0 Å². The van der Waals surface area contributed by atoms with E-state index in [-0.39, 0.29) is 28.2 Å². The van der Waals surface area contributed by atoms with Gasteiger partial charge < -0.3 is 10.4 Å². The van der Waals surface area contributed by atoms with Crippen molar-refractivity contribution in [3.63, 3.8) is 0 Å². The highest BCUT2D eigenvalue weighted by Gasteiger charge is 2.26. The first-order valence-electron chi connectivity index (χ1n) is 6.25. The molecule has 1 heterocycles. The lowest BCUT2D eigenvalue weighted by atomic mass is 10.0. The van der Waals surface area contributed by atoms with E-state index < -0.39 is 22.8 Å². The number of fused-ring (bicyclic) bond motifs is 1. The largest absolute Gasteiger partial charge is 0.480 e. The number of hydrogen-bond donors (Lipinski definition) is 2. The summed E-state index contributed by atoms with van der Waals surface area (Å²) >= 11 is 0.798. The van der Waals surface area contributed by atoms with Crippen LogP contribution >= 0.6 is 11.7 Å². The number of amides is 1. The number of hydrogen-bond acceptors (Lipinski definition) is 7. The second-order valence-electron chi connectivity index (χ2n) is 4.92. The summed E-state index contributed by atoms with van der Waals surface area (Å²) in [7, 11) is 0. The molecule has 0 bridgehead atoms. The predicted octanol–water partition coefficient (Wildman–Crippen LogP) is 1.44. The van der Waals surface area contributed by atoms with Gasteiger partial charge in [-0.3, -0.25) is 14.9 Å². The zero-order valence-corrected chi connectivity index (χ0v) is 12.5. The van der Waals surface area contributed by atoms with Crippen LogP contribution in [0.25, 0.3) is 11.0 Å². The summed E-state index contributed by atoms with van der Waals surface area (Å²) in [6.07, 6.45) is 0. The van der Waals surface area contributed by atoms with Crippen molar-refractivity contribution in [2.75, 3.05) is 0 Å². The van der Waals surface area contributed by atoms with E-state index in [0.717, 1.165) is 17.8 Å². The van der Waals surface area contributed by atoms with Crippen LogP contribution < -0.4 is 5.32 Å². The lowest BCUT2D eigenvalue weighted by Gasteiger charge is -2.17. The minimum atomic E-state index is -1.17. The van der Waals surface area contributed by atoms with Gasteiger partial charge in [-0.25, -0.2) is 4.79 Å². The van der Waals surface area contributed by atoms with Crippen molar-refractivity contribution < 1.29 is 19.6 Å². The van der Waals surface area contributed by atoms with Crippen molar-refractivity contribution in [1.29, 1.82) is 0 Å². The van der Waals surface area contributed by atoms with Crippen molar-refractivity contribution in [3.8, 4) is 0 Å². The van der Waals surface area contributed by atoms with E-state index in [2.05, 4.69) is 14.1 Å². The molecule has 1 aromatic carbocycles. The number of non-ortho nitro benzene ring substituents is 1. The number of nitro groups is 1. The van der Waals surface area contributed by atoms with Crippen LogP contribution in [0, 0.1) is 16.0 Å². The zero-order valence-electron chi connectivity index (χ0n) is 11.6. The molecule has 1 atom stereocenters. The molecule has 1 aromatic heterocycles. The molecule has 0 aliphatic rings.